The van der Waals surface area contributed by atoms with Crippen LogP contribution in [0.25, 0.3) is 10.9 Å². The molecule has 0 bridgehead atoms. The predicted molar refractivity (Wildman–Crippen MR) is 80.4 cm³/mol. The van der Waals surface area contributed by atoms with E-state index in [1.54, 1.807) is 0 Å². The van der Waals surface area contributed by atoms with E-state index in [9.17, 15) is 0 Å². The van der Waals surface area contributed by atoms with Gasteiger partial charge in [-0.3, -0.25) is 4.90 Å². The van der Waals surface area contributed by atoms with Gasteiger partial charge >= 0.3 is 0 Å². The van der Waals surface area contributed by atoms with E-state index >= 15 is 0 Å². The lowest BCUT2D eigenvalue weighted by molar-refractivity contribution is 0.285. The molecule has 1 aromatic heterocycles. The first kappa shape index (κ1) is 12.7. The average molecular weight is 257 g/mol. The third kappa shape index (κ3) is 2.67. The van der Waals surface area contributed by atoms with Crippen molar-refractivity contribution in [3.63, 3.8) is 0 Å². The Labute approximate surface area is 115 Å². The van der Waals surface area contributed by atoms with Crippen molar-refractivity contribution in [3.8, 4) is 0 Å². The van der Waals surface area contributed by atoms with Gasteiger partial charge in [0, 0.05) is 43.3 Å². The molecule has 2 heterocycles. The van der Waals surface area contributed by atoms with Crippen LogP contribution in [0, 0.1) is 0 Å². The fourth-order valence-corrected chi connectivity index (χ4v) is 3.01. The molecule has 0 atom stereocenters. The maximum atomic E-state index is 3.47. The second-order valence-corrected chi connectivity index (χ2v) is 5.34. The molecule has 0 unspecified atom stereocenters. The summed E-state index contributed by atoms with van der Waals surface area (Å²) in [5.41, 5.74) is 2.84. The molecule has 102 valence electrons. The van der Waals surface area contributed by atoms with Crippen LogP contribution in [0.2, 0.25) is 0 Å². The summed E-state index contributed by atoms with van der Waals surface area (Å²) in [4.78, 5) is 2.57. The maximum Gasteiger partial charge on any atom is 0.0483 e. The number of aromatic nitrogens is 1. The van der Waals surface area contributed by atoms with Crippen molar-refractivity contribution < 1.29 is 0 Å². The number of hydrogen-bond donors (Lipinski definition) is 1. The van der Waals surface area contributed by atoms with E-state index < -0.39 is 0 Å². The Hall–Kier alpha value is -1.32. The zero-order valence-corrected chi connectivity index (χ0v) is 11.7. The van der Waals surface area contributed by atoms with Gasteiger partial charge in [-0.25, -0.2) is 0 Å². The number of fused-ring (bicyclic) bond motifs is 1. The molecular weight excluding hydrogens is 234 g/mol. The zero-order chi connectivity index (χ0) is 13.1. The van der Waals surface area contributed by atoms with Crippen LogP contribution in [-0.2, 0) is 13.1 Å². The van der Waals surface area contributed by atoms with Crippen LogP contribution in [0.15, 0.2) is 30.5 Å². The minimum absolute atomic E-state index is 1.04. The lowest BCUT2D eigenvalue weighted by atomic mass is 10.1. The number of hydrogen-bond acceptors (Lipinski definition) is 2. The minimum Gasteiger partial charge on any atom is -0.347 e. The van der Waals surface area contributed by atoms with Crippen LogP contribution in [0.5, 0.6) is 0 Å². The van der Waals surface area contributed by atoms with E-state index in [0.29, 0.717) is 0 Å². The van der Waals surface area contributed by atoms with Gasteiger partial charge in [0.25, 0.3) is 0 Å². The summed E-state index contributed by atoms with van der Waals surface area (Å²) in [5.74, 6) is 0. The fourth-order valence-electron chi connectivity index (χ4n) is 3.01. The van der Waals surface area contributed by atoms with Gasteiger partial charge in [-0.2, -0.15) is 0 Å². The van der Waals surface area contributed by atoms with E-state index in [1.807, 2.05) is 0 Å². The van der Waals surface area contributed by atoms with Crippen LogP contribution in [-0.4, -0.2) is 35.6 Å². The molecule has 0 radical (unpaired) electrons. The van der Waals surface area contributed by atoms with E-state index in [1.165, 1.54) is 29.4 Å². The largest absolute Gasteiger partial charge is 0.347 e. The van der Waals surface area contributed by atoms with E-state index in [-0.39, 0.29) is 0 Å². The first-order valence-corrected chi connectivity index (χ1v) is 7.38. The van der Waals surface area contributed by atoms with Crippen molar-refractivity contribution in [1.29, 1.82) is 0 Å². The molecule has 1 aromatic carbocycles. The number of rotatable bonds is 3. The van der Waals surface area contributed by atoms with Gasteiger partial charge in [-0.1, -0.05) is 18.2 Å². The third-order valence-electron chi connectivity index (χ3n) is 4.04. The number of nitrogens with one attached hydrogen (secondary N) is 1. The van der Waals surface area contributed by atoms with Crippen molar-refractivity contribution in [3.05, 3.63) is 36.0 Å². The second-order valence-electron chi connectivity index (χ2n) is 5.34. The van der Waals surface area contributed by atoms with E-state index in [4.69, 9.17) is 0 Å². The van der Waals surface area contributed by atoms with Gasteiger partial charge in [-0.05, 0) is 38.1 Å². The topological polar surface area (TPSA) is 20.2 Å². The first-order valence-electron chi connectivity index (χ1n) is 7.38. The number of nitrogens with zero attached hydrogens (tertiary/aromatic N) is 2. The molecule has 2 aromatic rings. The summed E-state index contributed by atoms with van der Waals surface area (Å²) in [7, 11) is 0. The van der Waals surface area contributed by atoms with Gasteiger partial charge in [-0.15, -0.1) is 0 Å². The normalized spacial score (nSPS) is 17.7. The van der Waals surface area contributed by atoms with Crippen molar-refractivity contribution in [2.45, 2.75) is 26.4 Å². The molecule has 0 saturated carbocycles. The van der Waals surface area contributed by atoms with Crippen LogP contribution in [0.1, 0.15) is 18.9 Å². The van der Waals surface area contributed by atoms with Crippen molar-refractivity contribution in [2.75, 3.05) is 26.2 Å². The summed E-state index contributed by atoms with van der Waals surface area (Å²) in [5, 5.41) is 4.89. The SMILES string of the molecule is CCn1cc(CN2CCCNCC2)c2ccccc21. The van der Waals surface area contributed by atoms with Gasteiger partial charge in [0.1, 0.15) is 0 Å². The molecule has 1 fully saturated rings. The van der Waals surface area contributed by atoms with Crippen molar-refractivity contribution in [1.82, 2.24) is 14.8 Å². The highest BCUT2D eigenvalue weighted by atomic mass is 15.2. The molecule has 19 heavy (non-hydrogen) atoms. The quantitative estimate of drug-likeness (QED) is 0.911. The Morgan fingerprint density at radius 2 is 2.05 bits per heavy atom. The summed E-state index contributed by atoms with van der Waals surface area (Å²) < 4.78 is 2.36. The van der Waals surface area contributed by atoms with E-state index in [2.05, 4.69) is 52.2 Å². The monoisotopic (exact) mass is 257 g/mol. The standard InChI is InChI=1S/C16H23N3/c1-2-19-13-14(15-6-3-4-7-16(15)19)12-18-10-5-8-17-9-11-18/h3-4,6-7,13,17H,2,5,8-12H2,1H3. The zero-order valence-electron chi connectivity index (χ0n) is 11.7. The Balaban J connectivity index is 1.87. The van der Waals surface area contributed by atoms with Crippen LogP contribution >= 0.6 is 0 Å². The fraction of sp³-hybridized carbons (Fsp3) is 0.500. The van der Waals surface area contributed by atoms with Crippen LogP contribution in [0.3, 0.4) is 0 Å². The van der Waals surface area contributed by atoms with Crippen molar-refractivity contribution >= 4 is 10.9 Å². The summed E-state index contributed by atoms with van der Waals surface area (Å²) in [6.45, 7) is 8.98. The Morgan fingerprint density at radius 3 is 2.95 bits per heavy atom. The number of aryl methyl sites for hydroxylation is 1. The lowest BCUT2D eigenvalue weighted by Gasteiger charge is -2.18. The summed E-state index contributed by atoms with van der Waals surface area (Å²) in [6, 6.07) is 8.77. The molecule has 1 saturated heterocycles. The molecular formula is C16H23N3. The number of para-hydroxylation sites is 1. The first-order chi connectivity index (χ1) is 9.38. The molecule has 0 amide bonds. The maximum absolute atomic E-state index is 3.47. The summed E-state index contributed by atoms with van der Waals surface area (Å²) >= 11 is 0. The third-order valence-corrected chi connectivity index (χ3v) is 4.04. The van der Waals surface area contributed by atoms with Gasteiger partial charge in [0.15, 0.2) is 0 Å². The molecule has 3 nitrogen and oxygen atoms in total. The van der Waals surface area contributed by atoms with Gasteiger partial charge in [0.2, 0.25) is 0 Å². The molecule has 3 rings (SSSR count). The molecule has 3 heteroatoms. The van der Waals surface area contributed by atoms with Crippen LogP contribution in [0.4, 0.5) is 0 Å². The highest BCUT2D eigenvalue weighted by Gasteiger charge is 2.13. The molecule has 1 aliphatic rings. The number of benzene rings is 1. The molecule has 1 N–H and O–H groups in total. The smallest absolute Gasteiger partial charge is 0.0483 e. The van der Waals surface area contributed by atoms with Crippen LogP contribution < -0.4 is 5.32 Å². The molecule has 0 spiro atoms. The lowest BCUT2D eigenvalue weighted by Crippen LogP contribution is -2.27. The molecule has 0 aliphatic carbocycles. The predicted octanol–water partition coefficient (Wildman–Crippen LogP) is 2.46. The second kappa shape index (κ2) is 5.76. The van der Waals surface area contributed by atoms with E-state index in [0.717, 1.165) is 32.7 Å². The average Bonchev–Trinajstić information content (AvgIpc) is 2.62. The molecule has 1 aliphatic heterocycles. The Bertz CT molecular complexity index is 536. The highest BCUT2D eigenvalue weighted by Crippen LogP contribution is 2.22. The highest BCUT2D eigenvalue weighted by molar-refractivity contribution is 5.83. The van der Waals surface area contributed by atoms with Gasteiger partial charge < -0.3 is 9.88 Å². The summed E-state index contributed by atoms with van der Waals surface area (Å²) in [6.07, 6.45) is 3.59. The minimum atomic E-state index is 1.04. The van der Waals surface area contributed by atoms with Gasteiger partial charge in [0.05, 0.1) is 0 Å². The Kier molecular flexibility index (Phi) is 3.85. The van der Waals surface area contributed by atoms with Crippen molar-refractivity contribution in [2.24, 2.45) is 0 Å². The Morgan fingerprint density at radius 1 is 1.16 bits per heavy atom.